The predicted molar refractivity (Wildman–Crippen MR) is 122 cm³/mol. The van der Waals surface area contributed by atoms with E-state index in [-0.39, 0.29) is 0 Å². The zero-order valence-electron chi connectivity index (χ0n) is 16.6. The van der Waals surface area contributed by atoms with Crippen molar-refractivity contribution in [3.63, 3.8) is 0 Å². The summed E-state index contributed by atoms with van der Waals surface area (Å²) < 4.78 is 2.61. The van der Waals surface area contributed by atoms with Gasteiger partial charge in [0.15, 0.2) is 0 Å². The van der Waals surface area contributed by atoms with E-state index in [9.17, 15) is 0 Å². The highest BCUT2D eigenvalue weighted by Gasteiger charge is 2.39. The van der Waals surface area contributed by atoms with Gasteiger partial charge in [-0.1, -0.05) is 67.7 Å². The fraction of sp³-hybridized carbons (Fsp3) is 0.231. The van der Waals surface area contributed by atoms with Crippen LogP contribution in [-0.4, -0.2) is 12.6 Å². The van der Waals surface area contributed by atoms with Crippen molar-refractivity contribution >= 4 is 29.4 Å². The van der Waals surface area contributed by atoms with Crippen LogP contribution in [-0.2, 0) is 12.8 Å². The molecule has 0 saturated heterocycles. The highest BCUT2D eigenvalue weighted by molar-refractivity contribution is 7.04. The van der Waals surface area contributed by atoms with E-state index in [0.717, 1.165) is 0 Å². The van der Waals surface area contributed by atoms with Crippen LogP contribution in [0.5, 0.6) is 0 Å². The van der Waals surface area contributed by atoms with Crippen LogP contribution in [0.4, 0.5) is 0 Å². The molecule has 0 atom stereocenters. The monoisotopic (exact) mass is 379 g/mol. The van der Waals surface area contributed by atoms with Crippen LogP contribution in [0.15, 0.2) is 66.7 Å². The van der Waals surface area contributed by atoms with Gasteiger partial charge in [0.25, 0.3) is 0 Å². The first-order valence-corrected chi connectivity index (χ1v) is 13.5. The van der Waals surface area contributed by atoms with Crippen LogP contribution < -0.4 is 10.4 Å². The van der Waals surface area contributed by atoms with E-state index in [4.69, 9.17) is 0 Å². The molecule has 6 rings (SSSR count). The Labute approximate surface area is 167 Å². The summed E-state index contributed by atoms with van der Waals surface area (Å²) in [5.74, 6) is 0. The topological polar surface area (TPSA) is 4.93 Å². The van der Waals surface area contributed by atoms with Gasteiger partial charge >= 0.3 is 0 Å². The molecule has 0 amide bonds. The van der Waals surface area contributed by atoms with Crippen molar-refractivity contribution in [1.29, 1.82) is 0 Å². The van der Waals surface area contributed by atoms with Crippen LogP contribution in [0.2, 0.25) is 13.1 Å². The van der Waals surface area contributed by atoms with E-state index >= 15 is 0 Å². The lowest BCUT2D eigenvalue weighted by molar-refractivity contribution is 0.667. The number of aryl methyl sites for hydroxylation is 1. The minimum atomic E-state index is -1.65. The summed E-state index contributed by atoms with van der Waals surface area (Å²) in [5, 5.41) is 4.68. The number of benzene rings is 3. The molecule has 28 heavy (non-hydrogen) atoms. The second-order valence-electron chi connectivity index (χ2n) is 8.86. The quantitative estimate of drug-likeness (QED) is 0.395. The van der Waals surface area contributed by atoms with Gasteiger partial charge < -0.3 is 4.57 Å². The Kier molecular flexibility index (Phi) is 3.34. The molecule has 2 aliphatic rings. The third-order valence-corrected chi connectivity index (χ3v) is 10.5. The molecule has 1 aromatic heterocycles. The lowest BCUT2D eigenvalue weighted by atomic mass is 9.94. The molecular formula is C26H25NSi. The summed E-state index contributed by atoms with van der Waals surface area (Å²) in [5.41, 5.74) is 8.91. The molecule has 0 N–H and O–H groups in total. The molecule has 0 unspecified atom stereocenters. The van der Waals surface area contributed by atoms with Crippen molar-refractivity contribution in [2.45, 2.75) is 38.8 Å². The standard InChI is InChI=1S/C26H25NSi/c1-28(2)23-15-9-7-13-21(23)25-24(28)17-16-20-19-12-6-8-14-22(19)27(26(20)25)18-10-4-3-5-11-18/h3-5,7,9-11,13,15-17H,6,8,12,14H2,1-2H3. The number of para-hydroxylation sites is 1. The molecule has 2 heterocycles. The zero-order valence-corrected chi connectivity index (χ0v) is 17.6. The van der Waals surface area contributed by atoms with Gasteiger partial charge in [-0.25, -0.2) is 0 Å². The molecule has 4 aromatic rings. The van der Waals surface area contributed by atoms with Gasteiger partial charge in [-0.2, -0.15) is 0 Å². The lowest BCUT2D eigenvalue weighted by Crippen LogP contribution is -2.49. The molecule has 2 heteroatoms. The molecule has 0 fully saturated rings. The average molecular weight is 380 g/mol. The van der Waals surface area contributed by atoms with Gasteiger partial charge in [0, 0.05) is 22.3 Å². The van der Waals surface area contributed by atoms with Gasteiger partial charge in [-0.15, -0.1) is 0 Å². The van der Waals surface area contributed by atoms with Gasteiger partial charge in [-0.05, 0) is 59.3 Å². The van der Waals surface area contributed by atoms with Crippen molar-refractivity contribution in [3.8, 4) is 16.8 Å². The number of fused-ring (bicyclic) bond motifs is 7. The molecule has 3 aromatic carbocycles. The van der Waals surface area contributed by atoms with E-state index in [2.05, 4.69) is 84.4 Å². The molecule has 0 bridgehead atoms. The van der Waals surface area contributed by atoms with Crippen molar-refractivity contribution in [1.82, 2.24) is 4.57 Å². The molecule has 0 radical (unpaired) electrons. The average Bonchev–Trinajstić information content (AvgIpc) is 3.19. The molecule has 138 valence electrons. The first kappa shape index (κ1) is 16.4. The highest BCUT2D eigenvalue weighted by Crippen LogP contribution is 2.41. The van der Waals surface area contributed by atoms with Crippen LogP contribution in [0.25, 0.3) is 27.7 Å². The maximum absolute atomic E-state index is 2.61. The summed E-state index contributed by atoms with van der Waals surface area (Å²) in [6.07, 6.45) is 5.02. The van der Waals surface area contributed by atoms with Gasteiger partial charge in [0.05, 0.1) is 5.52 Å². The zero-order chi connectivity index (χ0) is 18.9. The summed E-state index contributed by atoms with van der Waals surface area (Å²) in [4.78, 5) is 0. The Morgan fingerprint density at radius 2 is 1.50 bits per heavy atom. The maximum Gasteiger partial charge on any atom is 0.113 e. The Morgan fingerprint density at radius 1 is 0.750 bits per heavy atom. The van der Waals surface area contributed by atoms with Crippen molar-refractivity contribution in [2.24, 2.45) is 0 Å². The smallest absolute Gasteiger partial charge is 0.113 e. The van der Waals surface area contributed by atoms with Crippen molar-refractivity contribution < 1.29 is 0 Å². The van der Waals surface area contributed by atoms with Crippen LogP contribution in [0.1, 0.15) is 24.1 Å². The van der Waals surface area contributed by atoms with E-state index in [1.165, 1.54) is 53.4 Å². The summed E-state index contributed by atoms with van der Waals surface area (Å²) in [7, 11) is -1.65. The number of aromatic nitrogens is 1. The number of hydrogen-bond donors (Lipinski definition) is 0. The lowest BCUT2D eigenvalue weighted by Gasteiger charge is -2.19. The fourth-order valence-corrected chi connectivity index (χ4v) is 8.74. The minimum Gasteiger partial charge on any atom is -0.313 e. The number of rotatable bonds is 1. The Hall–Kier alpha value is -2.58. The molecule has 1 aliphatic heterocycles. The molecule has 0 saturated carbocycles. The largest absolute Gasteiger partial charge is 0.313 e. The normalized spacial score (nSPS) is 16.6. The van der Waals surface area contributed by atoms with Gasteiger partial charge in [0.2, 0.25) is 0 Å². The fourth-order valence-electron chi connectivity index (χ4n) is 5.67. The second-order valence-corrected chi connectivity index (χ2v) is 13.2. The molecule has 0 spiro atoms. The van der Waals surface area contributed by atoms with Crippen molar-refractivity contribution in [2.75, 3.05) is 0 Å². The van der Waals surface area contributed by atoms with Crippen LogP contribution in [0.3, 0.4) is 0 Å². The molecule has 1 aliphatic carbocycles. The molecule has 1 nitrogen and oxygen atoms in total. The first-order chi connectivity index (χ1) is 13.7. The number of nitrogens with zero attached hydrogens (tertiary/aromatic N) is 1. The third kappa shape index (κ3) is 2.02. The highest BCUT2D eigenvalue weighted by atomic mass is 28.3. The van der Waals surface area contributed by atoms with Crippen LogP contribution >= 0.6 is 0 Å². The molecular weight excluding hydrogens is 354 g/mol. The van der Waals surface area contributed by atoms with E-state index in [1.54, 1.807) is 21.6 Å². The summed E-state index contributed by atoms with van der Waals surface area (Å²) in [6, 6.07) is 25.1. The van der Waals surface area contributed by atoms with Crippen molar-refractivity contribution in [3.05, 3.63) is 78.0 Å². The number of hydrogen-bond acceptors (Lipinski definition) is 0. The third-order valence-electron chi connectivity index (χ3n) is 6.99. The summed E-state index contributed by atoms with van der Waals surface area (Å²) >= 11 is 0. The van der Waals surface area contributed by atoms with E-state index < -0.39 is 8.07 Å². The maximum atomic E-state index is 2.61. The van der Waals surface area contributed by atoms with Gasteiger partial charge in [-0.3, -0.25) is 0 Å². The van der Waals surface area contributed by atoms with Crippen LogP contribution in [0, 0.1) is 0 Å². The first-order valence-electron chi connectivity index (χ1n) is 10.5. The summed E-state index contributed by atoms with van der Waals surface area (Å²) in [6.45, 7) is 5.03. The Balaban J connectivity index is 1.82. The Bertz CT molecular complexity index is 1230. The minimum absolute atomic E-state index is 1.19. The Morgan fingerprint density at radius 3 is 2.36 bits per heavy atom. The SMILES string of the molecule is C[Si]1(C)c2ccccc2-c2c1ccc1c3c(n(-c4ccccc4)c21)CCCC3. The van der Waals surface area contributed by atoms with E-state index in [1.807, 2.05) is 0 Å². The van der Waals surface area contributed by atoms with Gasteiger partial charge in [0.1, 0.15) is 8.07 Å². The van der Waals surface area contributed by atoms with E-state index in [0.29, 0.717) is 0 Å². The second kappa shape index (κ2) is 5.71. The predicted octanol–water partition coefficient (Wildman–Crippen LogP) is 5.31.